The first-order valence-corrected chi connectivity index (χ1v) is 10.4. The van der Waals surface area contributed by atoms with Crippen molar-refractivity contribution in [1.29, 1.82) is 0 Å². The Bertz CT molecular complexity index is 1060. The molecule has 0 saturated heterocycles. The summed E-state index contributed by atoms with van der Waals surface area (Å²) >= 11 is 1.19. The zero-order chi connectivity index (χ0) is 18.7. The number of nitrogens with one attached hydrogen (secondary N) is 2. The van der Waals surface area contributed by atoms with Crippen LogP contribution in [0, 0.1) is 6.92 Å². The largest absolute Gasteiger partial charge is 0.484 e. The minimum atomic E-state index is -3.38. The van der Waals surface area contributed by atoms with Gasteiger partial charge in [-0.05, 0) is 42.8 Å². The van der Waals surface area contributed by atoms with Crippen molar-refractivity contribution in [3.63, 3.8) is 0 Å². The van der Waals surface area contributed by atoms with E-state index >= 15 is 0 Å². The highest BCUT2D eigenvalue weighted by Crippen LogP contribution is 2.28. The van der Waals surface area contributed by atoms with Crippen molar-refractivity contribution in [2.75, 3.05) is 22.9 Å². The van der Waals surface area contributed by atoms with Crippen LogP contribution in [-0.4, -0.2) is 32.2 Å². The first-order chi connectivity index (χ1) is 12.3. The molecular weight excluding hydrogens is 374 g/mol. The van der Waals surface area contributed by atoms with Gasteiger partial charge in [-0.2, -0.15) is 0 Å². The van der Waals surface area contributed by atoms with Crippen molar-refractivity contribution < 1.29 is 17.9 Å². The number of aryl methyl sites for hydroxylation is 1. The molecule has 26 heavy (non-hydrogen) atoms. The molecule has 0 atom stereocenters. The van der Waals surface area contributed by atoms with Crippen molar-refractivity contribution in [3.05, 3.63) is 48.0 Å². The van der Waals surface area contributed by atoms with Gasteiger partial charge in [-0.15, -0.1) is 0 Å². The maximum absolute atomic E-state index is 12.1. The Labute approximate surface area is 155 Å². The number of aromatic nitrogens is 1. The quantitative estimate of drug-likeness (QED) is 0.673. The Balaban J connectivity index is 1.65. The molecule has 0 bridgehead atoms. The number of rotatable bonds is 6. The van der Waals surface area contributed by atoms with E-state index in [1.807, 2.05) is 25.1 Å². The van der Waals surface area contributed by atoms with E-state index in [0.717, 1.165) is 16.5 Å². The zero-order valence-electron chi connectivity index (χ0n) is 14.1. The van der Waals surface area contributed by atoms with Crippen LogP contribution in [0.2, 0.25) is 0 Å². The van der Waals surface area contributed by atoms with Gasteiger partial charge < -0.3 is 10.1 Å². The van der Waals surface area contributed by atoms with Crippen LogP contribution in [0.25, 0.3) is 10.2 Å². The predicted octanol–water partition coefficient (Wildman–Crippen LogP) is 2.99. The minimum Gasteiger partial charge on any atom is -0.484 e. The number of thiazole rings is 1. The lowest BCUT2D eigenvalue weighted by Gasteiger charge is -2.08. The normalized spacial score (nSPS) is 11.3. The number of sulfonamides is 1. The fourth-order valence-electron chi connectivity index (χ4n) is 2.26. The van der Waals surface area contributed by atoms with E-state index in [2.05, 4.69) is 15.0 Å². The van der Waals surface area contributed by atoms with Crippen LogP contribution >= 0.6 is 11.3 Å². The van der Waals surface area contributed by atoms with Crippen LogP contribution in [0.4, 0.5) is 10.8 Å². The highest BCUT2D eigenvalue weighted by Gasteiger charge is 2.10. The van der Waals surface area contributed by atoms with Crippen molar-refractivity contribution in [1.82, 2.24) is 4.98 Å². The Kier molecular flexibility index (Phi) is 5.10. The summed E-state index contributed by atoms with van der Waals surface area (Å²) < 4.78 is 31.1. The summed E-state index contributed by atoms with van der Waals surface area (Å²) in [5, 5.41) is 3.04. The summed E-state index contributed by atoms with van der Waals surface area (Å²) in [4.78, 5) is 16.3. The third-order valence-corrected chi connectivity index (χ3v) is 4.93. The lowest BCUT2D eigenvalue weighted by atomic mass is 10.2. The Morgan fingerprint density at radius 3 is 2.77 bits per heavy atom. The van der Waals surface area contributed by atoms with E-state index in [9.17, 15) is 13.2 Å². The van der Waals surface area contributed by atoms with Gasteiger partial charge in [0.25, 0.3) is 5.91 Å². The first kappa shape index (κ1) is 18.2. The van der Waals surface area contributed by atoms with Crippen LogP contribution in [0.3, 0.4) is 0 Å². The number of fused-ring (bicyclic) bond motifs is 1. The van der Waals surface area contributed by atoms with Gasteiger partial charge in [-0.25, -0.2) is 13.4 Å². The summed E-state index contributed by atoms with van der Waals surface area (Å²) in [6.07, 6.45) is 1.07. The summed E-state index contributed by atoms with van der Waals surface area (Å²) in [5.74, 6) is 0.347. The predicted molar refractivity (Wildman–Crippen MR) is 103 cm³/mol. The number of anilines is 2. The third-order valence-electron chi connectivity index (χ3n) is 3.30. The van der Waals surface area contributed by atoms with Crippen LogP contribution in [0.5, 0.6) is 5.75 Å². The molecule has 0 saturated carbocycles. The van der Waals surface area contributed by atoms with Crippen LogP contribution < -0.4 is 14.8 Å². The molecule has 2 aromatic carbocycles. The van der Waals surface area contributed by atoms with E-state index in [1.54, 1.807) is 24.3 Å². The summed E-state index contributed by atoms with van der Waals surface area (Å²) in [5.41, 5.74) is 2.29. The van der Waals surface area contributed by atoms with Crippen molar-refractivity contribution in [2.24, 2.45) is 0 Å². The molecule has 0 aliphatic rings. The summed E-state index contributed by atoms with van der Waals surface area (Å²) in [6, 6.07) is 12.6. The summed E-state index contributed by atoms with van der Waals surface area (Å²) in [7, 11) is -3.38. The topological polar surface area (TPSA) is 97.4 Å². The monoisotopic (exact) mass is 391 g/mol. The maximum Gasteiger partial charge on any atom is 0.262 e. The molecular formula is C17H17N3O4S2. The van der Waals surface area contributed by atoms with E-state index in [1.165, 1.54) is 11.3 Å². The number of nitrogens with zero attached hydrogens (tertiary/aromatic N) is 1. The number of ether oxygens (including phenoxy) is 1. The van der Waals surface area contributed by atoms with Gasteiger partial charge in [-0.3, -0.25) is 9.52 Å². The number of carbonyl (C=O) groups is 1. The highest BCUT2D eigenvalue weighted by molar-refractivity contribution is 7.92. The molecule has 1 aromatic heterocycles. The van der Waals surface area contributed by atoms with Crippen molar-refractivity contribution >= 4 is 48.3 Å². The third kappa shape index (κ3) is 4.93. The lowest BCUT2D eigenvalue weighted by molar-refractivity contribution is -0.118. The van der Waals surface area contributed by atoms with Gasteiger partial charge in [0.15, 0.2) is 11.7 Å². The van der Waals surface area contributed by atoms with Gasteiger partial charge in [0.2, 0.25) is 10.0 Å². The molecule has 2 N–H and O–H groups in total. The molecule has 9 heteroatoms. The molecule has 0 aliphatic heterocycles. The van der Waals surface area contributed by atoms with Crippen molar-refractivity contribution in [2.45, 2.75) is 6.92 Å². The van der Waals surface area contributed by atoms with Crippen LogP contribution in [0.1, 0.15) is 5.56 Å². The second kappa shape index (κ2) is 7.30. The summed E-state index contributed by atoms with van der Waals surface area (Å²) in [6.45, 7) is 1.84. The molecule has 0 fully saturated rings. The first-order valence-electron chi connectivity index (χ1n) is 7.66. The van der Waals surface area contributed by atoms with E-state index < -0.39 is 10.0 Å². The second-order valence-electron chi connectivity index (χ2n) is 5.73. The number of carbonyl (C=O) groups excluding carboxylic acids is 1. The molecule has 0 aliphatic carbocycles. The van der Waals surface area contributed by atoms with Gasteiger partial charge in [0.1, 0.15) is 5.75 Å². The van der Waals surface area contributed by atoms with E-state index in [-0.39, 0.29) is 17.6 Å². The Morgan fingerprint density at radius 1 is 1.23 bits per heavy atom. The molecule has 0 unspecified atom stereocenters. The Morgan fingerprint density at radius 2 is 2.04 bits per heavy atom. The molecule has 0 radical (unpaired) electrons. The second-order valence-corrected chi connectivity index (χ2v) is 8.51. The Hall–Kier alpha value is -2.65. The SMILES string of the molecule is Cc1cccc(OCC(=O)Nc2ccc3nc(NS(C)(=O)=O)sc3c2)c1. The van der Waals surface area contributed by atoms with Gasteiger partial charge >= 0.3 is 0 Å². The van der Waals surface area contributed by atoms with Gasteiger partial charge in [0, 0.05) is 5.69 Å². The molecule has 1 amide bonds. The van der Waals surface area contributed by atoms with Crippen LogP contribution in [-0.2, 0) is 14.8 Å². The van der Waals surface area contributed by atoms with E-state index in [4.69, 9.17) is 4.74 Å². The molecule has 7 nitrogen and oxygen atoms in total. The zero-order valence-corrected chi connectivity index (χ0v) is 15.8. The molecule has 1 heterocycles. The molecule has 0 spiro atoms. The molecule has 3 rings (SSSR count). The smallest absolute Gasteiger partial charge is 0.262 e. The highest BCUT2D eigenvalue weighted by atomic mass is 32.2. The average molecular weight is 391 g/mol. The van der Waals surface area contributed by atoms with Crippen LogP contribution in [0.15, 0.2) is 42.5 Å². The number of hydrogen-bond donors (Lipinski definition) is 2. The minimum absolute atomic E-state index is 0.106. The number of benzene rings is 2. The molecule has 3 aromatic rings. The maximum atomic E-state index is 12.1. The fraction of sp³-hybridized carbons (Fsp3) is 0.176. The molecule has 136 valence electrons. The number of hydrogen-bond acceptors (Lipinski definition) is 6. The fourth-order valence-corrected chi connectivity index (χ4v) is 4.00. The van der Waals surface area contributed by atoms with Crippen molar-refractivity contribution in [3.8, 4) is 5.75 Å². The van der Waals surface area contributed by atoms with E-state index in [0.29, 0.717) is 17.0 Å². The number of amides is 1. The van der Waals surface area contributed by atoms with Gasteiger partial charge in [0.05, 0.1) is 16.5 Å². The standard InChI is InChI=1S/C17H17N3O4S2/c1-11-4-3-5-13(8-11)24-10-16(21)18-12-6-7-14-15(9-12)25-17(19-14)20-26(2,22)23/h3-9H,10H2,1-2H3,(H,18,21)(H,19,20). The van der Waals surface area contributed by atoms with Gasteiger partial charge in [-0.1, -0.05) is 23.5 Å². The lowest BCUT2D eigenvalue weighted by Crippen LogP contribution is -2.20. The average Bonchev–Trinajstić information content (AvgIpc) is 2.92.